The van der Waals surface area contributed by atoms with Gasteiger partial charge in [-0.25, -0.2) is 9.78 Å². The van der Waals surface area contributed by atoms with Gasteiger partial charge in [-0.2, -0.15) is 0 Å². The van der Waals surface area contributed by atoms with Gasteiger partial charge in [0, 0.05) is 12.2 Å². The number of carboxylic acid groups (broad SMARTS) is 1. The zero-order valence-corrected chi connectivity index (χ0v) is 12.9. The van der Waals surface area contributed by atoms with Crippen LogP contribution in [0, 0.1) is 0 Å². The lowest BCUT2D eigenvalue weighted by atomic mass is 9.95. The molecule has 1 fully saturated rings. The van der Waals surface area contributed by atoms with Crippen LogP contribution in [0.25, 0.3) is 0 Å². The first-order valence-electron chi connectivity index (χ1n) is 7.22. The number of hydrogen-bond donors (Lipinski definition) is 2. The van der Waals surface area contributed by atoms with Gasteiger partial charge in [-0.05, 0) is 31.9 Å². The van der Waals surface area contributed by atoms with Crippen molar-refractivity contribution in [2.75, 3.05) is 0 Å². The predicted molar refractivity (Wildman–Crippen MR) is 81.5 cm³/mol. The number of amides is 1. The average Bonchev–Trinajstić information content (AvgIpc) is 2.48. The van der Waals surface area contributed by atoms with Crippen LogP contribution < -0.4 is 5.32 Å². The highest BCUT2D eigenvalue weighted by Crippen LogP contribution is 2.23. The molecular weight excluding hydrogens is 288 g/mol. The van der Waals surface area contributed by atoms with E-state index in [1.54, 1.807) is 0 Å². The number of pyridine rings is 1. The first-order chi connectivity index (χ1) is 10.1. The second kappa shape index (κ2) is 7.45. The summed E-state index contributed by atoms with van der Waals surface area (Å²) in [6.07, 6.45) is 7.16. The van der Waals surface area contributed by atoms with Gasteiger partial charge in [-0.3, -0.25) is 4.79 Å². The molecule has 1 amide bonds. The minimum absolute atomic E-state index is 0.00516. The van der Waals surface area contributed by atoms with Crippen molar-refractivity contribution in [3.63, 3.8) is 0 Å². The van der Waals surface area contributed by atoms with E-state index in [-0.39, 0.29) is 22.8 Å². The van der Waals surface area contributed by atoms with Gasteiger partial charge < -0.3 is 10.4 Å². The fraction of sp³-hybridized carbons (Fsp3) is 0.533. The Labute approximate surface area is 128 Å². The smallest absolute Gasteiger partial charge is 0.335 e. The van der Waals surface area contributed by atoms with Gasteiger partial charge in [0.25, 0.3) is 0 Å². The molecule has 0 aliphatic heterocycles. The SMILES string of the molecule is CC(Sc1cc(C(=O)O)ccn1)C(=O)NC1CCCCC1. The van der Waals surface area contributed by atoms with Crippen LogP contribution in [-0.2, 0) is 4.79 Å². The topological polar surface area (TPSA) is 79.3 Å². The Hall–Kier alpha value is -1.56. The number of thioether (sulfide) groups is 1. The third kappa shape index (κ3) is 4.74. The van der Waals surface area contributed by atoms with E-state index in [1.807, 2.05) is 6.92 Å². The highest BCUT2D eigenvalue weighted by atomic mass is 32.2. The third-order valence-corrected chi connectivity index (χ3v) is 4.63. The number of rotatable bonds is 5. The molecule has 2 N–H and O–H groups in total. The maximum atomic E-state index is 12.2. The number of carbonyl (C=O) groups is 2. The van der Waals surface area contributed by atoms with Crippen molar-refractivity contribution in [3.05, 3.63) is 23.9 Å². The number of hydrogen-bond acceptors (Lipinski definition) is 4. The van der Waals surface area contributed by atoms with Crippen molar-refractivity contribution < 1.29 is 14.7 Å². The van der Waals surface area contributed by atoms with Crippen LogP contribution in [0.1, 0.15) is 49.4 Å². The van der Waals surface area contributed by atoms with E-state index in [0.717, 1.165) is 12.8 Å². The Balaban J connectivity index is 1.90. The highest BCUT2D eigenvalue weighted by Gasteiger charge is 2.20. The molecule has 1 aromatic rings. The molecule has 114 valence electrons. The zero-order chi connectivity index (χ0) is 15.2. The van der Waals surface area contributed by atoms with Crippen molar-refractivity contribution >= 4 is 23.6 Å². The first-order valence-corrected chi connectivity index (χ1v) is 8.10. The molecule has 0 spiro atoms. The second-order valence-electron chi connectivity index (χ2n) is 5.29. The monoisotopic (exact) mass is 308 g/mol. The van der Waals surface area contributed by atoms with E-state index >= 15 is 0 Å². The normalized spacial score (nSPS) is 17.2. The van der Waals surface area contributed by atoms with Crippen LogP contribution in [0.4, 0.5) is 0 Å². The Morgan fingerprint density at radius 2 is 2.10 bits per heavy atom. The average molecular weight is 308 g/mol. The van der Waals surface area contributed by atoms with E-state index < -0.39 is 5.97 Å². The molecule has 6 heteroatoms. The van der Waals surface area contributed by atoms with Crippen molar-refractivity contribution in [2.45, 2.75) is 55.3 Å². The van der Waals surface area contributed by atoms with Crippen molar-refractivity contribution in [1.29, 1.82) is 0 Å². The molecule has 2 rings (SSSR count). The van der Waals surface area contributed by atoms with Gasteiger partial charge in [0.1, 0.15) is 0 Å². The van der Waals surface area contributed by atoms with Gasteiger partial charge in [-0.15, -0.1) is 0 Å². The summed E-state index contributed by atoms with van der Waals surface area (Å²) >= 11 is 1.29. The third-order valence-electron chi connectivity index (χ3n) is 3.60. The van der Waals surface area contributed by atoms with Crippen LogP contribution in [0.3, 0.4) is 0 Å². The highest BCUT2D eigenvalue weighted by molar-refractivity contribution is 8.00. The Bertz CT molecular complexity index is 515. The van der Waals surface area contributed by atoms with Crippen LogP contribution in [0.2, 0.25) is 0 Å². The molecule has 0 saturated heterocycles. The summed E-state index contributed by atoms with van der Waals surface area (Å²) in [5.74, 6) is -0.993. The van der Waals surface area contributed by atoms with E-state index in [9.17, 15) is 9.59 Å². The van der Waals surface area contributed by atoms with Crippen LogP contribution in [0.15, 0.2) is 23.4 Å². The summed E-state index contributed by atoms with van der Waals surface area (Å²) in [5.41, 5.74) is 0.187. The summed E-state index contributed by atoms with van der Waals surface area (Å²) in [6.45, 7) is 1.82. The molecule has 0 aromatic carbocycles. The lowest BCUT2D eigenvalue weighted by Crippen LogP contribution is -2.40. The quantitative estimate of drug-likeness (QED) is 0.818. The fourth-order valence-electron chi connectivity index (χ4n) is 2.41. The summed E-state index contributed by atoms with van der Waals surface area (Å²) < 4.78 is 0. The Morgan fingerprint density at radius 1 is 1.38 bits per heavy atom. The lowest BCUT2D eigenvalue weighted by Gasteiger charge is -2.24. The maximum Gasteiger partial charge on any atom is 0.335 e. The van der Waals surface area contributed by atoms with E-state index in [2.05, 4.69) is 10.3 Å². The van der Waals surface area contributed by atoms with Crippen molar-refractivity contribution in [1.82, 2.24) is 10.3 Å². The Morgan fingerprint density at radius 3 is 2.76 bits per heavy atom. The van der Waals surface area contributed by atoms with Crippen LogP contribution in [-0.4, -0.2) is 33.3 Å². The van der Waals surface area contributed by atoms with Crippen LogP contribution in [0.5, 0.6) is 0 Å². The second-order valence-corrected chi connectivity index (χ2v) is 6.65. The van der Waals surface area contributed by atoms with Gasteiger partial charge in [0.2, 0.25) is 5.91 Å². The molecular formula is C15H20N2O3S. The number of aromatic carboxylic acids is 1. The number of nitrogens with one attached hydrogen (secondary N) is 1. The minimum Gasteiger partial charge on any atom is -0.478 e. The Kier molecular flexibility index (Phi) is 5.61. The molecule has 1 atom stereocenters. The van der Waals surface area contributed by atoms with E-state index in [1.165, 1.54) is 49.4 Å². The summed E-state index contributed by atoms with van der Waals surface area (Å²) in [4.78, 5) is 27.2. The summed E-state index contributed by atoms with van der Waals surface area (Å²) in [7, 11) is 0. The lowest BCUT2D eigenvalue weighted by molar-refractivity contribution is -0.121. The van der Waals surface area contributed by atoms with E-state index in [4.69, 9.17) is 5.11 Å². The van der Waals surface area contributed by atoms with Gasteiger partial charge in [0.15, 0.2) is 0 Å². The molecule has 1 unspecified atom stereocenters. The maximum absolute atomic E-state index is 12.2. The number of carbonyl (C=O) groups excluding carboxylic acids is 1. The van der Waals surface area contributed by atoms with Gasteiger partial charge in [0.05, 0.1) is 15.8 Å². The molecule has 5 nitrogen and oxygen atoms in total. The van der Waals surface area contributed by atoms with Crippen molar-refractivity contribution in [3.8, 4) is 0 Å². The first kappa shape index (κ1) is 15.8. The molecule has 1 aliphatic rings. The molecule has 0 bridgehead atoms. The largest absolute Gasteiger partial charge is 0.478 e. The number of carboxylic acids is 1. The van der Waals surface area contributed by atoms with Crippen molar-refractivity contribution in [2.24, 2.45) is 0 Å². The number of nitrogens with zero attached hydrogens (tertiary/aromatic N) is 1. The molecule has 1 saturated carbocycles. The molecule has 1 aliphatic carbocycles. The predicted octanol–water partition coefficient (Wildman–Crippen LogP) is 2.71. The van der Waals surface area contributed by atoms with Gasteiger partial charge >= 0.3 is 5.97 Å². The van der Waals surface area contributed by atoms with Gasteiger partial charge in [-0.1, -0.05) is 31.0 Å². The summed E-state index contributed by atoms with van der Waals surface area (Å²) in [5, 5.41) is 12.3. The molecule has 21 heavy (non-hydrogen) atoms. The number of aromatic nitrogens is 1. The molecule has 0 radical (unpaired) electrons. The summed E-state index contributed by atoms with van der Waals surface area (Å²) in [6, 6.07) is 3.23. The minimum atomic E-state index is -0.987. The molecule has 1 heterocycles. The standard InChI is InChI=1S/C15H20N2O3S/c1-10(14(18)17-12-5-3-2-4-6-12)21-13-9-11(15(19)20)7-8-16-13/h7-10,12H,2-6H2,1H3,(H,17,18)(H,19,20). The fourth-order valence-corrected chi connectivity index (χ4v) is 3.26. The molecule has 1 aromatic heterocycles. The van der Waals surface area contributed by atoms with E-state index in [0.29, 0.717) is 5.03 Å². The van der Waals surface area contributed by atoms with Crippen LogP contribution >= 0.6 is 11.8 Å². The zero-order valence-electron chi connectivity index (χ0n) is 12.0.